The van der Waals surface area contributed by atoms with Crippen LogP contribution < -0.4 is 5.32 Å². The summed E-state index contributed by atoms with van der Waals surface area (Å²) in [7, 11) is 2.01. The molecule has 0 aliphatic carbocycles. The number of hydrogen-bond donors (Lipinski definition) is 1. The third-order valence-corrected chi connectivity index (χ3v) is 3.48. The van der Waals surface area contributed by atoms with Crippen LogP contribution in [0.2, 0.25) is 0 Å². The maximum atomic E-state index is 4.15. The van der Waals surface area contributed by atoms with Crippen molar-refractivity contribution in [1.29, 1.82) is 0 Å². The van der Waals surface area contributed by atoms with Gasteiger partial charge in [-0.3, -0.25) is 0 Å². The lowest BCUT2D eigenvalue weighted by molar-refractivity contribution is 0.553. The summed E-state index contributed by atoms with van der Waals surface area (Å²) in [5.41, 5.74) is 0. The van der Waals surface area contributed by atoms with E-state index in [0.29, 0.717) is 11.2 Å². The third-order valence-electron chi connectivity index (χ3n) is 2.34. The number of nitrogens with zero attached hydrogens (tertiary/aromatic N) is 3. The Morgan fingerprint density at radius 1 is 1.25 bits per heavy atom. The molecular weight excluding hydrogens is 220 g/mol. The van der Waals surface area contributed by atoms with Gasteiger partial charge in [0.25, 0.3) is 0 Å². The highest BCUT2D eigenvalue weighted by atomic mass is 32.2. The normalized spacial score (nSPS) is 13.4. The lowest BCUT2D eigenvalue weighted by atomic mass is 10.2. The van der Waals surface area contributed by atoms with Gasteiger partial charge in [0.15, 0.2) is 5.16 Å². The molecule has 0 aromatic carbocycles. The van der Waals surface area contributed by atoms with Crippen molar-refractivity contribution >= 4 is 11.8 Å². The summed E-state index contributed by atoms with van der Waals surface area (Å²) in [6.07, 6.45) is 0. The molecule has 1 rings (SSSR count). The van der Waals surface area contributed by atoms with Crippen LogP contribution in [-0.4, -0.2) is 33.1 Å². The van der Waals surface area contributed by atoms with Crippen LogP contribution in [0.5, 0.6) is 0 Å². The molecule has 5 heteroatoms. The highest BCUT2D eigenvalue weighted by Gasteiger charge is 2.10. The van der Waals surface area contributed by atoms with E-state index in [1.807, 2.05) is 18.5 Å². The van der Waals surface area contributed by atoms with Crippen molar-refractivity contribution in [3.63, 3.8) is 0 Å². The van der Waals surface area contributed by atoms with Crippen LogP contribution in [0.1, 0.15) is 26.6 Å². The van der Waals surface area contributed by atoms with Gasteiger partial charge in [0.2, 0.25) is 0 Å². The molecule has 1 unspecified atom stereocenters. The zero-order chi connectivity index (χ0) is 12.1. The van der Waals surface area contributed by atoms with Gasteiger partial charge in [-0.1, -0.05) is 32.5 Å². The second kappa shape index (κ2) is 6.25. The first-order valence-corrected chi connectivity index (χ1v) is 6.62. The van der Waals surface area contributed by atoms with Gasteiger partial charge in [0.05, 0.1) is 0 Å². The van der Waals surface area contributed by atoms with Crippen molar-refractivity contribution in [3.05, 3.63) is 5.82 Å². The third kappa shape index (κ3) is 4.14. The SMILES string of the molecule is Cc1nnc(SC(C)CNCC(C)C)n1C. The number of nitrogens with one attached hydrogen (secondary N) is 1. The first-order valence-electron chi connectivity index (χ1n) is 5.74. The second-order valence-corrected chi connectivity index (χ2v) is 5.97. The first-order chi connectivity index (χ1) is 7.50. The molecule has 1 heterocycles. The molecule has 1 aromatic heterocycles. The van der Waals surface area contributed by atoms with Gasteiger partial charge in [0.1, 0.15) is 5.82 Å². The van der Waals surface area contributed by atoms with E-state index in [1.54, 1.807) is 11.8 Å². The standard InChI is InChI=1S/C11H22N4S/c1-8(2)6-12-7-9(3)16-11-14-13-10(4)15(11)5/h8-9,12H,6-7H2,1-5H3. The van der Waals surface area contributed by atoms with Crippen molar-refractivity contribution in [1.82, 2.24) is 20.1 Å². The number of thioether (sulfide) groups is 1. The highest BCUT2D eigenvalue weighted by Crippen LogP contribution is 2.20. The van der Waals surface area contributed by atoms with E-state index in [-0.39, 0.29) is 0 Å². The number of rotatable bonds is 6. The molecule has 0 amide bonds. The van der Waals surface area contributed by atoms with Gasteiger partial charge < -0.3 is 9.88 Å². The zero-order valence-corrected chi connectivity index (χ0v) is 11.6. The molecule has 0 bridgehead atoms. The molecule has 16 heavy (non-hydrogen) atoms. The molecule has 4 nitrogen and oxygen atoms in total. The highest BCUT2D eigenvalue weighted by molar-refractivity contribution is 7.99. The van der Waals surface area contributed by atoms with Crippen molar-refractivity contribution in [3.8, 4) is 0 Å². The molecular formula is C11H22N4S. The Morgan fingerprint density at radius 3 is 2.44 bits per heavy atom. The van der Waals surface area contributed by atoms with Crippen LogP contribution in [0.15, 0.2) is 5.16 Å². The molecule has 0 fully saturated rings. The molecule has 0 radical (unpaired) electrons. The predicted molar refractivity (Wildman–Crippen MR) is 68.8 cm³/mol. The maximum Gasteiger partial charge on any atom is 0.191 e. The Labute approximate surface area is 102 Å². The van der Waals surface area contributed by atoms with Gasteiger partial charge in [-0.05, 0) is 19.4 Å². The topological polar surface area (TPSA) is 42.7 Å². The Morgan fingerprint density at radius 2 is 1.94 bits per heavy atom. The molecule has 0 aliphatic heterocycles. The van der Waals surface area contributed by atoms with Gasteiger partial charge in [-0.15, -0.1) is 10.2 Å². The Hall–Kier alpha value is -0.550. The van der Waals surface area contributed by atoms with Crippen molar-refractivity contribution in [2.24, 2.45) is 13.0 Å². The van der Waals surface area contributed by atoms with Crippen LogP contribution in [-0.2, 0) is 7.05 Å². The van der Waals surface area contributed by atoms with Gasteiger partial charge in [-0.25, -0.2) is 0 Å². The van der Waals surface area contributed by atoms with Crippen LogP contribution in [0.3, 0.4) is 0 Å². The number of aromatic nitrogens is 3. The summed E-state index contributed by atoms with van der Waals surface area (Å²) in [5, 5.41) is 13.2. The van der Waals surface area contributed by atoms with Crippen LogP contribution in [0.25, 0.3) is 0 Å². The van der Waals surface area contributed by atoms with Crippen LogP contribution in [0.4, 0.5) is 0 Å². The molecule has 0 saturated carbocycles. The van der Waals surface area contributed by atoms with Crippen LogP contribution >= 0.6 is 11.8 Å². The average Bonchev–Trinajstić information content (AvgIpc) is 2.49. The van der Waals surface area contributed by atoms with Gasteiger partial charge in [-0.2, -0.15) is 0 Å². The van der Waals surface area contributed by atoms with E-state index in [1.165, 1.54) is 0 Å². The Kier molecular flexibility index (Phi) is 5.28. The summed E-state index contributed by atoms with van der Waals surface area (Å²) in [5.74, 6) is 1.67. The van der Waals surface area contributed by atoms with E-state index in [2.05, 4.69) is 36.3 Å². The van der Waals surface area contributed by atoms with E-state index in [9.17, 15) is 0 Å². The van der Waals surface area contributed by atoms with Crippen molar-refractivity contribution in [2.75, 3.05) is 13.1 Å². The fourth-order valence-electron chi connectivity index (χ4n) is 1.29. The van der Waals surface area contributed by atoms with Crippen molar-refractivity contribution < 1.29 is 0 Å². The molecule has 1 aromatic rings. The minimum absolute atomic E-state index is 0.515. The monoisotopic (exact) mass is 242 g/mol. The van der Waals surface area contributed by atoms with E-state index < -0.39 is 0 Å². The molecule has 1 atom stereocenters. The second-order valence-electron chi connectivity index (χ2n) is 4.57. The summed E-state index contributed by atoms with van der Waals surface area (Å²) >= 11 is 1.77. The minimum atomic E-state index is 0.515. The summed E-state index contributed by atoms with van der Waals surface area (Å²) < 4.78 is 2.03. The predicted octanol–water partition coefficient (Wildman–Crippen LogP) is 1.85. The summed E-state index contributed by atoms with van der Waals surface area (Å²) in [4.78, 5) is 0. The van der Waals surface area contributed by atoms with Gasteiger partial charge in [0, 0.05) is 18.8 Å². The maximum absolute atomic E-state index is 4.15. The fourth-order valence-corrected chi connectivity index (χ4v) is 2.23. The summed E-state index contributed by atoms with van der Waals surface area (Å²) in [6, 6.07) is 0. The van der Waals surface area contributed by atoms with E-state index in [0.717, 1.165) is 24.1 Å². The van der Waals surface area contributed by atoms with E-state index >= 15 is 0 Å². The quantitative estimate of drug-likeness (QED) is 0.773. The fraction of sp³-hybridized carbons (Fsp3) is 0.818. The first kappa shape index (κ1) is 13.5. The molecule has 92 valence electrons. The Bertz CT molecular complexity index is 322. The molecule has 0 saturated heterocycles. The average molecular weight is 242 g/mol. The molecule has 0 spiro atoms. The summed E-state index contributed by atoms with van der Waals surface area (Å²) in [6.45, 7) is 10.7. The lowest BCUT2D eigenvalue weighted by Crippen LogP contribution is -2.26. The molecule has 1 N–H and O–H groups in total. The smallest absolute Gasteiger partial charge is 0.191 e. The van der Waals surface area contributed by atoms with Crippen LogP contribution in [0, 0.1) is 12.8 Å². The number of aryl methyl sites for hydroxylation is 1. The minimum Gasteiger partial charge on any atom is -0.315 e. The lowest BCUT2D eigenvalue weighted by Gasteiger charge is -2.12. The largest absolute Gasteiger partial charge is 0.315 e. The van der Waals surface area contributed by atoms with E-state index in [4.69, 9.17) is 0 Å². The van der Waals surface area contributed by atoms with Crippen molar-refractivity contribution in [2.45, 2.75) is 38.1 Å². The number of hydrogen-bond acceptors (Lipinski definition) is 4. The Balaban J connectivity index is 2.34. The van der Waals surface area contributed by atoms with Gasteiger partial charge >= 0.3 is 0 Å². The molecule has 0 aliphatic rings. The zero-order valence-electron chi connectivity index (χ0n) is 10.8.